The van der Waals surface area contributed by atoms with Crippen LogP contribution in [0.3, 0.4) is 0 Å². The zero-order valence-corrected chi connectivity index (χ0v) is 16.1. The Kier molecular flexibility index (Phi) is 4.15. The summed E-state index contributed by atoms with van der Waals surface area (Å²) in [5.41, 5.74) is -0.0636. The molecule has 6 rings (SSSR count). The number of hydrogen-bond donors (Lipinski definition) is 1. The fourth-order valence-electron chi connectivity index (χ4n) is 6.63. The molecular formula is C21H29N3O3. The lowest BCUT2D eigenvalue weighted by Crippen LogP contribution is -2.51. The molecule has 0 spiro atoms. The van der Waals surface area contributed by atoms with Gasteiger partial charge in [-0.15, -0.1) is 0 Å². The molecule has 1 amide bonds. The Balaban J connectivity index is 1.43. The van der Waals surface area contributed by atoms with Crippen molar-refractivity contribution in [3.63, 3.8) is 0 Å². The number of nitrogens with one attached hydrogen (secondary N) is 1. The van der Waals surface area contributed by atoms with Crippen LogP contribution in [0.2, 0.25) is 0 Å². The Labute approximate surface area is 159 Å². The third kappa shape index (κ3) is 2.84. The largest absolute Gasteiger partial charge is 0.377 e. The number of nitrogens with zero attached hydrogens (tertiary/aromatic N) is 2. The second-order valence-electron chi connectivity index (χ2n) is 9.31. The van der Waals surface area contributed by atoms with E-state index in [2.05, 4.69) is 9.97 Å². The highest BCUT2D eigenvalue weighted by Gasteiger charge is 2.53. The Bertz CT molecular complexity index is 767. The van der Waals surface area contributed by atoms with Crippen LogP contribution in [0, 0.1) is 17.8 Å². The molecule has 1 aliphatic heterocycles. The van der Waals surface area contributed by atoms with Gasteiger partial charge in [-0.2, -0.15) is 0 Å². The van der Waals surface area contributed by atoms with E-state index in [1.54, 1.807) is 4.90 Å². The van der Waals surface area contributed by atoms with Crippen molar-refractivity contribution in [2.75, 3.05) is 19.8 Å². The van der Waals surface area contributed by atoms with Crippen molar-refractivity contribution in [3.05, 3.63) is 27.9 Å². The number of carbonyl (C=O) groups excluding carboxylic acids is 1. The van der Waals surface area contributed by atoms with Gasteiger partial charge in [0.1, 0.15) is 11.4 Å². The highest BCUT2D eigenvalue weighted by atomic mass is 16.5. The first-order valence-electron chi connectivity index (χ1n) is 10.6. The first-order valence-corrected chi connectivity index (χ1v) is 10.6. The summed E-state index contributed by atoms with van der Waals surface area (Å²) in [6.07, 6.45) is 9.88. The molecule has 0 aromatic carbocycles. The summed E-state index contributed by atoms with van der Waals surface area (Å²) in [6.45, 7) is 3.64. The minimum atomic E-state index is -0.276. The van der Waals surface area contributed by atoms with Gasteiger partial charge in [0.15, 0.2) is 0 Å². The monoisotopic (exact) mass is 371 g/mol. The number of morpholine rings is 1. The molecule has 2 heterocycles. The third-order valence-electron chi connectivity index (χ3n) is 7.53. The van der Waals surface area contributed by atoms with E-state index in [1.165, 1.54) is 25.5 Å². The summed E-state index contributed by atoms with van der Waals surface area (Å²) in [7, 11) is 0. The summed E-state index contributed by atoms with van der Waals surface area (Å²) in [5.74, 6) is 3.00. The van der Waals surface area contributed by atoms with Gasteiger partial charge in [-0.25, -0.2) is 4.98 Å². The number of rotatable bonds is 3. The summed E-state index contributed by atoms with van der Waals surface area (Å²) >= 11 is 0. The van der Waals surface area contributed by atoms with Crippen LogP contribution in [-0.4, -0.2) is 46.6 Å². The maximum atomic E-state index is 13.0. The van der Waals surface area contributed by atoms with E-state index >= 15 is 0 Å². The molecule has 1 aromatic rings. The topological polar surface area (TPSA) is 75.3 Å². The van der Waals surface area contributed by atoms with Gasteiger partial charge in [0.05, 0.1) is 19.3 Å². The lowest BCUT2D eigenvalue weighted by molar-refractivity contribution is -0.00975. The van der Waals surface area contributed by atoms with Gasteiger partial charge in [-0.05, 0) is 62.7 Å². The Morgan fingerprint density at radius 1 is 1.26 bits per heavy atom. The van der Waals surface area contributed by atoms with E-state index in [-0.39, 0.29) is 28.5 Å². The molecule has 4 saturated carbocycles. The van der Waals surface area contributed by atoms with Crippen LogP contribution in [0.1, 0.15) is 68.1 Å². The number of ether oxygens (including phenoxy) is 1. The molecule has 6 nitrogen and oxygen atoms in total. The smallest absolute Gasteiger partial charge is 0.263 e. The van der Waals surface area contributed by atoms with Crippen LogP contribution >= 0.6 is 0 Å². The Morgan fingerprint density at radius 3 is 2.52 bits per heavy atom. The predicted octanol–water partition coefficient (Wildman–Crippen LogP) is 2.49. The molecule has 0 radical (unpaired) electrons. The standard InChI is InChI=1S/C21H29N3O3/c1-2-16-12-27-4-3-24(16)19(26)17-11-22-20(23-18(17)25)21-8-13-5-14(9-21)7-15(6-13)10-21/h11,13-16H,2-10,12H2,1H3,(H,22,23,25). The average molecular weight is 371 g/mol. The van der Waals surface area contributed by atoms with Crippen LogP contribution in [-0.2, 0) is 10.2 Å². The molecule has 1 aromatic heterocycles. The van der Waals surface area contributed by atoms with E-state index in [0.29, 0.717) is 19.8 Å². The number of H-pyrrole nitrogens is 1. The van der Waals surface area contributed by atoms with Crippen LogP contribution in [0.5, 0.6) is 0 Å². The minimum Gasteiger partial charge on any atom is -0.377 e. The van der Waals surface area contributed by atoms with Gasteiger partial charge in [0.25, 0.3) is 11.5 Å². The zero-order valence-electron chi connectivity index (χ0n) is 16.1. The van der Waals surface area contributed by atoms with Crippen LogP contribution in [0.25, 0.3) is 0 Å². The number of hydrogen-bond acceptors (Lipinski definition) is 4. The Morgan fingerprint density at radius 2 is 1.93 bits per heavy atom. The normalized spacial score (nSPS) is 37.6. The highest BCUT2D eigenvalue weighted by molar-refractivity contribution is 5.93. The third-order valence-corrected chi connectivity index (χ3v) is 7.53. The summed E-state index contributed by atoms with van der Waals surface area (Å²) in [4.78, 5) is 35.3. The average Bonchev–Trinajstić information content (AvgIpc) is 2.66. The molecule has 146 valence electrons. The summed E-state index contributed by atoms with van der Waals surface area (Å²) in [6, 6.07) is 0.0356. The van der Waals surface area contributed by atoms with Gasteiger partial charge in [-0.3, -0.25) is 9.59 Å². The molecule has 4 aliphatic carbocycles. The number of carbonyl (C=O) groups is 1. The molecular weight excluding hydrogens is 342 g/mol. The predicted molar refractivity (Wildman–Crippen MR) is 101 cm³/mol. The second kappa shape index (κ2) is 6.43. The van der Waals surface area contributed by atoms with Crippen molar-refractivity contribution in [3.8, 4) is 0 Å². The summed E-state index contributed by atoms with van der Waals surface area (Å²) in [5, 5.41) is 0. The first kappa shape index (κ1) is 17.4. The fraction of sp³-hybridized carbons (Fsp3) is 0.762. The van der Waals surface area contributed by atoms with Crippen molar-refractivity contribution in [1.82, 2.24) is 14.9 Å². The van der Waals surface area contributed by atoms with Gasteiger partial charge >= 0.3 is 0 Å². The number of aromatic nitrogens is 2. The van der Waals surface area contributed by atoms with Crippen molar-refractivity contribution in [1.29, 1.82) is 0 Å². The van der Waals surface area contributed by atoms with E-state index < -0.39 is 0 Å². The van der Waals surface area contributed by atoms with Crippen molar-refractivity contribution in [2.24, 2.45) is 17.8 Å². The minimum absolute atomic E-state index is 0.0356. The molecule has 1 atom stereocenters. The summed E-state index contributed by atoms with van der Waals surface area (Å²) < 4.78 is 5.48. The molecule has 1 saturated heterocycles. The van der Waals surface area contributed by atoms with Gasteiger partial charge in [0, 0.05) is 18.2 Å². The SMILES string of the molecule is CCC1COCCN1C(=O)c1cnc(C23CC4CC(CC(C4)C2)C3)[nH]c1=O. The number of amides is 1. The molecule has 5 fully saturated rings. The molecule has 4 bridgehead atoms. The molecule has 27 heavy (non-hydrogen) atoms. The van der Waals surface area contributed by atoms with Crippen LogP contribution in [0.4, 0.5) is 0 Å². The van der Waals surface area contributed by atoms with Gasteiger partial charge in [0.2, 0.25) is 0 Å². The molecule has 6 heteroatoms. The zero-order chi connectivity index (χ0) is 18.6. The van der Waals surface area contributed by atoms with Crippen molar-refractivity contribution < 1.29 is 9.53 Å². The lowest BCUT2D eigenvalue weighted by Gasteiger charge is -2.56. The quantitative estimate of drug-likeness (QED) is 0.886. The van der Waals surface area contributed by atoms with Gasteiger partial charge in [-0.1, -0.05) is 6.92 Å². The fourth-order valence-corrected chi connectivity index (χ4v) is 6.63. The van der Waals surface area contributed by atoms with E-state index in [1.807, 2.05) is 6.92 Å². The van der Waals surface area contributed by atoms with E-state index in [4.69, 9.17) is 4.74 Å². The highest BCUT2D eigenvalue weighted by Crippen LogP contribution is 2.59. The van der Waals surface area contributed by atoms with E-state index in [0.717, 1.165) is 49.3 Å². The van der Waals surface area contributed by atoms with Crippen molar-refractivity contribution >= 4 is 5.91 Å². The lowest BCUT2D eigenvalue weighted by atomic mass is 9.49. The van der Waals surface area contributed by atoms with Crippen molar-refractivity contribution in [2.45, 2.75) is 63.3 Å². The second-order valence-corrected chi connectivity index (χ2v) is 9.31. The maximum Gasteiger partial charge on any atom is 0.263 e. The Hall–Kier alpha value is -1.69. The maximum absolute atomic E-state index is 13.0. The van der Waals surface area contributed by atoms with Gasteiger partial charge < -0.3 is 14.6 Å². The molecule has 1 unspecified atom stereocenters. The molecule has 5 aliphatic rings. The first-order chi connectivity index (χ1) is 13.1. The number of aromatic amines is 1. The van der Waals surface area contributed by atoms with Crippen LogP contribution < -0.4 is 5.56 Å². The van der Waals surface area contributed by atoms with E-state index in [9.17, 15) is 9.59 Å². The van der Waals surface area contributed by atoms with Crippen LogP contribution in [0.15, 0.2) is 11.0 Å². The molecule has 1 N–H and O–H groups in total.